The summed E-state index contributed by atoms with van der Waals surface area (Å²) in [7, 11) is 0. The quantitative estimate of drug-likeness (QED) is 0.594. The molecule has 13 heavy (non-hydrogen) atoms. The first kappa shape index (κ1) is 7.87. The van der Waals surface area contributed by atoms with Crippen LogP contribution in [0.3, 0.4) is 0 Å². The van der Waals surface area contributed by atoms with E-state index < -0.39 is 0 Å². The van der Waals surface area contributed by atoms with E-state index in [0.717, 1.165) is 11.3 Å². The monoisotopic (exact) mass is 169 g/mol. The second-order valence-corrected chi connectivity index (χ2v) is 2.95. The zero-order chi connectivity index (χ0) is 9.10. The topological polar surface area (TPSA) is 26.0 Å². The maximum absolute atomic E-state index is 5.85. The van der Waals surface area contributed by atoms with E-state index in [1.807, 2.05) is 42.5 Å². The number of hydrogen-bond acceptors (Lipinski definition) is 1. The molecule has 2 rings (SSSR count). The van der Waals surface area contributed by atoms with Crippen LogP contribution in [0.15, 0.2) is 42.5 Å². The van der Waals surface area contributed by atoms with E-state index >= 15 is 0 Å². The molecule has 1 heteroatoms. The first-order valence-corrected chi connectivity index (χ1v) is 4.28. The SMILES string of the molecule is Nc1cccc2c1\C=C/C=C\C=C/2. The molecule has 1 aromatic carbocycles. The molecule has 0 bridgehead atoms. The lowest BCUT2D eigenvalue weighted by Gasteiger charge is -2.05. The van der Waals surface area contributed by atoms with Gasteiger partial charge in [-0.25, -0.2) is 0 Å². The molecule has 1 aromatic rings. The van der Waals surface area contributed by atoms with Crippen LogP contribution in [-0.2, 0) is 0 Å². The van der Waals surface area contributed by atoms with Crippen molar-refractivity contribution in [3.63, 3.8) is 0 Å². The molecule has 0 unspecified atom stereocenters. The summed E-state index contributed by atoms with van der Waals surface area (Å²) in [5.74, 6) is 0. The largest absolute Gasteiger partial charge is 0.398 e. The lowest BCUT2D eigenvalue weighted by Crippen LogP contribution is -1.91. The normalized spacial score (nSPS) is 20.9. The maximum atomic E-state index is 5.85. The van der Waals surface area contributed by atoms with Crippen LogP contribution < -0.4 is 5.73 Å². The fourth-order valence-electron chi connectivity index (χ4n) is 1.38. The second-order valence-electron chi connectivity index (χ2n) is 2.95. The van der Waals surface area contributed by atoms with E-state index in [1.54, 1.807) is 0 Å². The molecule has 0 amide bonds. The zero-order valence-corrected chi connectivity index (χ0v) is 7.27. The Bertz CT molecular complexity index is 398. The van der Waals surface area contributed by atoms with Crippen molar-refractivity contribution >= 4 is 17.8 Å². The fraction of sp³-hybridized carbons (Fsp3) is 0. The van der Waals surface area contributed by atoms with Gasteiger partial charge in [-0.2, -0.15) is 0 Å². The van der Waals surface area contributed by atoms with Crippen LogP contribution in [0.2, 0.25) is 0 Å². The number of anilines is 1. The molecular formula is C12H11N. The van der Waals surface area contributed by atoms with E-state index in [-0.39, 0.29) is 0 Å². The number of nitrogens with two attached hydrogens (primary N) is 1. The van der Waals surface area contributed by atoms with Gasteiger partial charge in [0.25, 0.3) is 0 Å². The van der Waals surface area contributed by atoms with Crippen LogP contribution >= 0.6 is 0 Å². The molecule has 0 aliphatic heterocycles. The fourth-order valence-corrected chi connectivity index (χ4v) is 1.38. The molecule has 0 saturated heterocycles. The van der Waals surface area contributed by atoms with Gasteiger partial charge in [-0.15, -0.1) is 0 Å². The molecule has 1 nitrogen and oxygen atoms in total. The molecule has 2 N–H and O–H groups in total. The molecule has 0 atom stereocenters. The van der Waals surface area contributed by atoms with Crippen LogP contribution in [0.1, 0.15) is 11.1 Å². The van der Waals surface area contributed by atoms with Gasteiger partial charge in [0.05, 0.1) is 0 Å². The predicted molar refractivity (Wildman–Crippen MR) is 58.1 cm³/mol. The standard InChI is InChI=1S/C12H11N/c13-12-9-5-7-10-6-3-1-2-4-8-11(10)12/h1-9H,13H2/b2-1-,3-1?,4-2?,6-3-,8-4-,10-6?,11-8?. The molecule has 0 heterocycles. The minimum atomic E-state index is 0.828. The molecule has 1 aliphatic carbocycles. The van der Waals surface area contributed by atoms with Gasteiger partial charge in [-0.1, -0.05) is 48.6 Å². The molecule has 0 spiro atoms. The van der Waals surface area contributed by atoms with Crippen molar-refractivity contribution in [1.29, 1.82) is 0 Å². The van der Waals surface area contributed by atoms with Gasteiger partial charge >= 0.3 is 0 Å². The third kappa shape index (κ3) is 1.54. The van der Waals surface area contributed by atoms with Gasteiger partial charge in [0.1, 0.15) is 0 Å². The maximum Gasteiger partial charge on any atom is 0.0393 e. The summed E-state index contributed by atoms with van der Waals surface area (Å²) in [5.41, 5.74) is 8.95. The summed E-state index contributed by atoms with van der Waals surface area (Å²) in [6, 6.07) is 5.95. The van der Waals surface area contributed by atoms with Crippen molar-refractivity contribution in [2.75, 3.05) is 5.73 Å². The molecule has 0 saturated carbocycles. The first-order valence-electron chi connectivity index (χ1n) is 4.28. The summed E-state index contributed by atoms with van der Waals surface area (Å²) < 4.78 is 0. The third-order valence-corrected chi connectivity index (χ3v) is 2.05. The van der Waals surface area contributed by atoms with Crippen LogP contribution in [0.4, 0.5) is 5.69 Å². The van der Waals surface area contributed by atoms with Crippen LogP contribution in [0, 0.1) is 0 Å². The van der Waals surface area contributed by atoms with E-state index in [0.29, 0.717) is 0 Å². The van der Waals surface area contributed by atoms with Crippen molar-refractivity contribution in [1.82, 2.24) is 0 Å². The average Bonchev–Trinajstić information content (AvgIpc) is 2.07. The third-order valence-electron chi connectivity index (χ3n) is 2.05. The van der Waals surface area contributed by atoms with Crippen molar-refractivity contribution in [3.05, 3.63) is 53.6 Å². The number of rotatable bonds is 0. The van der Waals surface area contributed by atoms with Crippen LogP contribution in [0.25, 0.3) is 12.2 Å². The van der Waals surface area contributed by atoms with Crippen molar-refractivity contribution in [2.24, 2.45) is 0 Å². The Kier molecular flexibility index (Phi) is 2.01. The lowest BCUT2D eigenvalue weighted by atomic mass is 10.0. The Balaban J connectivity index is 2.62. The highest BCUT2D eigenvalue weighted by Gasteiger charge is 1.99. The molecule has 64 valence electrons. The first-order chi connectivity index (χ1) is 6.38. The number of nitrogen functional groups attached to an aromatic ring is 1. The summed E-state index contributed by atoms with van der Waals surface area (Å²) >= 11 is 0. The Morgan fingerprint density at radius 3 is 2.46 bits per heavy atom. The van der Waals surface area contributed by atoms with Crippen molar-refractivity contribution < 1.29 is 0 Å². The van der Waals surface area contributed by atoms with E-state index in [4.69, 9.17) is 5.73 Å². The Morgan fingerprint density at radius 2 is 1.62 bits per heavy atom. The van der Waals surface area contributed by atoms with Gasteiger partial charge in [0, 0.05) is 11.3 Å². The van der Waals surface area contributed by atoms with Crippen LogP contribution in [-0.4, -0.2) is 0 Å². The van der Waals surface area contributed by atoms with E-state index in [1.165, 1.54) is 5.56 Å². The molecule has 0 radical (unpaired) electrons. The minimum Gasteiger partial charge on any atom is -0.398 e. The zero-order valence-electron chi connectivity index (χ0n) is 7.27. The van der Waals surface area contributed by atoms with Gasteiger partial charge in [0.15, 0.2) is 0 Å². The second kappa shape index (κ2) is 3.31. The molecule has 1 aliphatic rings. The molecular weight excluding hydrogens is 158 g/mol. The molecule has 0 aromatic heterocycles. The number of benzene rings is 1. The minimum absolute atomic E-state index is 0.828. The molecule has 0 fully saturated rings. The number of hydrogen-bond donors (Lipinski definition) is 1. The number of allylic oxidation sites excluding steroid dienone is 4. The highest BCUT2D eigenvalue weighted by molar-refractivity contribution is 5.76. The Hall–Kier alpha value is -1.76. The Labute approximate surface area is 77.9 Å². The summed E-state index contributed by atoms with van der Waals surface area (Å²) in [6.45, 7) is 0. The van der Waals surface area contributed by atoms with Gasteiger partial charge in [-0.05, 0) is 11.6 Å². The highest BCUT2D eigenvalue weighted by Crippen LogP contribution is 2.21. The Morgan fingerprint density at radius 1 is 0.846 bits per heavy atom. The summed E-state index contributed by atoms with van der Waals surface area (Å²) in [4.78, 5) is 0. The summed E-state index contributed by atoms with van der Waals surface area (Å²) in [6.07, 6.45) is 12.1. The average molecular weight is 169 g/mol. The van der Waals surface area contributed by atoms with Crippen molar-refractivity contribution in [3.8, 4) is 0 Å². The van der Waals surface area contributed by atoms with E-state index in [9.17, 15) is 0 Å². The van der Waals surface area contributed by atoms with Gasteiger partial charge in [0.2, 0.25) is 0 Å². The van der Waals surface area contributed by atoms with Crippen molar-refractivity contribution in [2.45, 2.75) is 0 Å². The lowest BCUT2D eigenvalue weighted by molar-refractivity contribution is 1.59. The predicted octanol–water partition coefficient (Wildman–Crippen LogP) is 2.87. The van der Waals surface area contributed by atoms with E-state index in [2.05, 4.69) is 12.1 Å². The number of fused-ring (bicyclic) bond motifs is 1. The smallest absolute Gasteiger partial charge is 0.0393 e. The highest BCUT2D eigenvalue weighted by atomic mass is 14.6. The summed E-state index contributed by atoms with van der Waals surface area (Å²) in [5, 5.41) is 0. The van der Waals surface area contributed by atoms with Gasteiger partial charge in [-0.3, -0.25) is 0 Å². The van der Waals surface area contributed by atoms with Crippen LogP contribution in [0.5, 0.6) is 0 Å². The van der Waals surface area contributed by atoms with Gasteiger partial charge < -0.3 is 5.73 Å².